The Bertz CT molecular complexity index is 1540. The summed E-state index contributed by atoms with van der Waals surface area (Å²) in [5.41, 5.74) is 0. The Morgan fingerprint density at radius 3 is 1.10 bits per heavy atom. The van der Waals surface area contributed by atoms with Crippen molar-refractivity contribution in [1.82, 2.24) is 0 Å². The molecule has 0 aromatic heterocycles. The molecule has 0 rings (SSSR count). The summed E-state index contributed by atoms with van der Waals surface area (Å²) in [7, 11) is 5.97. The fraction of sp³-hybridized carbons (Fsp3) is 0.750. The van der Waals surface area contributed by atoms with Gasteiger partial charge < -0.3 is 28.5 Å². The number of aliphatic carboxylic acids is 1. The van der Waals surface area contributed by atoms with E-state index in [2.05, 4.69) is 98.9 Å². The number of carboxylic acid groups (broad SMARTS) is 1. The fourth-order valence-electron chi connectivity index (χ4n) is 8.78. The maximum absolute atomic E-state index is 12.9. The zero-order chi connectivity index (χ0) is 56.2. The van der Waals surface area contributed by atoms with E-state index in [1.165, 1.54) is 154 Å². The molecular weight excluding hydrogens is 959 g/mol. The van der Waals surface area contributed by atoms with Crippen LogP contribution in [0.5, 0.6) is 0 Å². The van der Waals surface area contributed by atoms with Crippen LogP contribution in [0.15, 0.2) is 85.1 Å². The summed E-state index contributed by atoms with van der Waals surface area (Å²) in [6.45, 7) is 4.74. The second-order valence-electron chi connectivity index (χ2n) is 22.3. The molecule has 0 amide bonds. The SMILES string of the molecule is CC/C=C\C/C=C\C/C=C\C/C=C\CCCCCCCCCCCCCCCCCCCCCCC(=O)OC(COC(=O)CCCCCCCC/C=C\C/C=C\C/C=C\CCCCC)COC(OCC[N+](C)(C)C)C(=O)O. The van der Waals surface area contributed by atoms with Crippen molar-refractivity contribution in [1.29, 1.82) is 0 Å². The molecule has 0 spiro atoms. The highest BCUT2D eigenvalue weighted by atomic mass is 16.7. The molecule has 0 aliphatic heterocycles. The van der Waals surface area contributed by atoms with Crippen LogP contribution in [0.3, 0.4) is 0 Å². The summed E-state index contributed by atoms with van der Waals surface area (Å²) < 4.78 is 22.9. The molecule has 0 saturated carbocycles. The zero-order valence-electron chi connectivity index (χ0n) is 50.6. The Hall–Kier alpha value is -3.53. The van der Waals surface area contributed by atoms with Crippen molar-refractivity contribution in [2.45, 2.75) is 283 Å². The lowest BCUT2D eigenvalue weighted by Gasteiger charge is -2.25. The topological polar surface area (TPSA) is 108 Å². The number of carbonyl (C=O) groups excluding carboxylic acids is 2. The van der Waals surface area contributed by atoms with Crippen molar-refractivity contribution in [3.8, 4) is 0 Å². The second-order valence-corrected chi connectivity index (χ2v) is 22.3. The van der Waals surface area contributed by atoms with Gasteiger partial charge in [-0.05, 0) is 89.9 Å². The van der Waals surface area contributed by atoms with Gasteiger partial charge in [0.1, 0.15) is 13.2 Å². The first-order valence-corrected chi connectivity index (χ1v) is 31.8. The predicted octanol–water partition coefficient (Wildman–Crippen LogP) is 19.1. The summed E-state index contributed by atoms with van der Waals surface area (Å²) >= 11 is 0. The molecule has 0 saturated heterocycles. The van der Waals surface area contributed by atoms with E-state index in [1.807, 2.05) is 21.1 Å². The molecule has 444 valence electrons. The van der Waals surface area contributed by atoms with Gasteiger partial charge >= 0.3 is 17.9 Å². The van der Waals surface area contributed by atoms with Crippen molar-refractivity contribution < 1.29 is 42.9 Å². The largest absolute Gasteiger partial charge is 0.477 e. The Morgan fingerprint density at radius 1 is 0.403 bits per heavy atom. The molecule has 9 nitrogen and oxygen atoms in total. The molecule has 0 radical (unpaired) electrons. The van der Waals surface area contributed by atoms with Gasteiger partial charge in [0.2, 0.25) is 0 Å². The van der Waals surface area contributed by atoms with Gasteiger partial charge in [-0.1, -0.05) is 253 Å². The van der Waals surface area contributed by atoms with Crippen LogP contribution < -0.4 is 0 Å². The van der Waals surface area contributed by atoms with E-state index < -0.39 is 24.3 Å². The quantitative estimate of drug-likeness (QED) is 0.0211. The van der Waals surface area contributed by atoms with E-state index in [9.17, 15) is 19.5 Å². The molecule has 2 atom stereocenters. The third kappa shape index (κ3) is 60.0. The van der Waals surface area contributed by atoms with Gasteiger partial charge in [0.15, 0.2) is 6.10 Å². The number of quaternary nitrogens is 1. The highest BCUT2D eigenvalue weighted by molar-refractivity contribution is 5.71. The van der Waals surface area contributed by atoms with Crippen LogP contribution in [-0.2, 0) is 33.3 Å². The van der Waals surface area contributed by atoms with Gasteiger partial charge in [0.05, 0.1) is 34.4 Å². The first kappa shape index (κ1) is 73.5. The van der Waals surface area contributed by atoms with Crippen LogP contribution >= 0.6 is 0 Å². The number of likely N-dealkylation sites (N-methyl/N-ethyl adjacent to an activating group) is 1. The van der Waals surface area contributed by atoms with Crippen LogP contribution in [0.4, 0.5) is 0 Å². The lowest BCUT2D eigenvalue weighted by molar-refractivity contribution is -0.870. The second kappa shape index (κ2) is 58.6. The number of carbonyl (C=O) groups is 3. The minimum absolute atomic E-state index is 0.184. The average Bonchev–Trinajstić information content (AvgIpc) is 3.40. The number of unbranched alkanes of at least 4 members (excludes halogenated alkanes) is 29. The normalized spacial score (nSPS) is 13.3. The molecule has 0 aliphatic rings. The maximum atomic E-state index is 12.9. The van der Waals surface area contributed by atoms with Crippen LogP contribution in [0.25, 0.3) is 0 Å². The van der Waals surface area contributed by atoms with E-state index in [4.69, 9.17) is 18.9 Å². The molecule has 0 heterocycles. The van der Waals surface area contributed by atoms with Crippen molar-refractivity contribution >= 4 is 17.9 Å². The number of hydrogen-bond donors (Lipinski definition) is 1. The summed E-state index contributed by atoms with van der Waals surface area (Å²) in [6.07, 6.45) is 75.4. The van der Waals surface area contributed by atoms with Crippen LogP contribution in [0.1, 0.15) is 271 Å². The number of hydrogen-bond acceptors (Lipinski definition) is 7. The number of esters is 2. The van der Waals surface area contributed by atoms with Gasteiger partial charge in [-0.2, -0.15) is 0 Å². The van der Waals surface area contributed by atoms with Gasteiger partial charge in [0.25, 0.3) is 6.29 Å². The van der Waals surface area contributed by atoms with Gasteiger partial charge in [-0.15, -0.1) is 0 Å². The van der Waals surface area contributed by atoms with E-state index in [1.54, 1.807) is 0 Å². The molecule has 77 heavy (non-hydrogen) atoms. The summed E-state index contributed by atoms with van der Waals surface area (Å²) in [5.74, 6) is -2.01. The van der Waals surface area contributed by atoms with Crippen molar-refractivity contribution in [3.63, 3.8) is 0 Å². The Kier molecular flexibility index (Phi) is 55.9. The molecule has 0 fully saturated rings. The molecule has 0 aliphatic carbocycles. The minimum atomic E-state index is -1.52. The number of allylic oxidation sites excluding steroid dienone is 14. The van der Waals surface area contributed by atoms with Crippen LogP contribution in [0.2, 0.25) is 0 Å². The smallest absolute Gasteiger partial charge is 0.361 e. The molecule has 0 bridgehead atoms. The molecule has 9 heteroatoms. The van der Waals surface area contributed by atoms with Gasteiger partial charge in [-0.3, -0.25) is 9.59 Å². The first-order valence-electron chi connectivity index (χ1n) is 31.8. The zero-order valence-corrected chi connectivity index (χ0v) is 50.6. The summed E-state index contributed by atoms with van der Waals surface area (Å²) in [4.78, 5) is 37.5. The number of rotatable bonds is 58. The fourth-order valence-corrected chi connectivity index (χ4v) is 8.78. The standard InChI is InChI=1S/C68H119NO8/c1-6-8-10-12-14-16-18-20-22-24-26-27-28-29-30-31-32-33-34-35-36-37-38-39-41-43-45-47-49-51-53-55-57-59-66(71)77-64(63-76-68(67(72)73)74-61-60-69(3,4)5)62-75-65(70)58-56-54-52-50-48-46-44-42-40-25-23-21-19-17-15-13-11-9-7-2/h8,10,14-17,20-23,26-27,40,42,64,68H,6-7,9,11-13,18-19,24-25,28-39,41,43-63H2,1-5H3/p+1/b10-8-,16-14-,17-15-,22-20-,23-21-,27-26-,42-40-. The average molecular weight is 1080 g/mol. The van der Waals surface area contributed by atoms with Crippen molar-refractivity contribution in [3.05, 3.63) is 85.1 Å². The van der Waals surface area contributed by atoms with Gasteiger partial charge in [0, 0.05) is 12.8 Å². The molecule has 1 N–H and O–H groups in total. The first-order chi connectivity index (χ1) is 37.6. The number of nitrogens with zero attached hydrogens (tertiary/aromatic N) is 1. The van der Waals surface area contributed by atoms with Crippen molar-refractivity contribution in [2.75, 3.05) is 47.5 Å². The van der Waals surface area contributed by atoms with E-state index >= 15 is 0 Å². The Morgan fingerprint density at radius 2 is 0.740 bits per heavy atom. The summed E-state index contributed by atoms with van der Waals surface area (Å²) in [6, 6.07) is 0. The van der Waals surface area contributed by atoms with E-state index in [-0.39, 0.29) is 38.6 Å². The number of ether oxygens (including phenoxy) is 4. The minimum Gasteiger partial charge on any atom is -0.477 e. The van der Waals surface area contributed by atoms with Crippen LogP contribution in [-0.4, -0.2) is 87.4 Å². The van der Waals surface area contributed by atoms with Crippen LogP contribution in [0, 0.1) is 0 Å². The molecular formula is C68H120NO8+. The molecule has 2 unspecified atom stereocenters. The Balaban J connectivity index is 4.12. The van der Waals surface area contributed by atoms with Gasteiger partial charge in [-0.25, -0.2) is 4.79 Å². The van der Waals surface area contributed by atoms with E-state index in [0.717, 1.165) is 89.9 Å². The van der Waals surface area contributed by atoms with E-state index in [0.29, 0.717) is 11.0 Å². The predicted molar refractivity (Wildman–Crippen MR) is 327 cm³/mol. The highest BCUT2D eigenvalue weighted by Crippen LogP contribution is 2.17. The maximum Gasteiger partial charge on any atom is 0.361 e. The third-order valence-corrected chi connectivity index (χ3v) is 13.6. The third-order valence-electron chi connectivity index (χ3n) is 13.6. The number of carboxylic acids is 1. The molecule has 0 aromatic carbocycles. The monoisotopic (exact) mass is 1080 g/mol. The molecule has 0 aromatic rings. The Labute approximate surface area is 474 Å². The lowest BCUT2D eigenvalue weighted by atomic mass is 10.0. The van der Waals surface area contributed by atoms with Crippen molar-refractivity contribution in [2.24, 2.45) is 0 Å². The lowest BCUT2D eigenvalue weighted by Crippen LogP contribution is -2.40. The summed E-state index contributed by atoms with van der Waals surface area (Å²) in [5, 5.41) is 9.72. The highest BCUT2D eigenvalue weighted by Gasteiger charge is 2.25.